The van der Waals surface area contributed by atoms with Crippen molar-refractivity contribution in [2.75, 3.05) is 6.61 Å². The van der Waals surface area contributed by atoms with E-state index in [1.54, 1.807) is 0 Å². The second kappa shape index (κ2) is 3.78. The Morgan fingerprint density at radius 1 is 1.47 bits per heavy atom. The molecular weight excluding hydrogens is 192 g/mol. The lowest BCUT2D eigenvalue weighted by molar-refractivity contribution is -0.152. The standard InChI is InChI=1S/C12H20O3/c1-8-4-5-10(12(3)7-14-12)6-11(8)15-9(2)13/h8,10-11H,4-7H2,1-3H3/t8-,10?,11+,12?/m1/s1. The van der Waals surface area contributed by atoms with Crippen LogP contribution in [-0.2, 0) is 14.3 Å². The van der Waals surface area contributed by atoms with E-state index in [9.17, 15) is 4.79 Å². The zero-order valence-corrected chi connectivity index (χ0v) is 9.79. The molecule has 0 bridgehead atoms. The highest BCUT2D eigenvalue weighted by atomic mass is 16.6. The highest BCUT2D eigenvalue weighted by Gasteiger charge is 2.49. The quantitative estimate of drug-likeness (QED) is 0.520. The van der Waals surface area contributed by atoms with Crippen LogP contribution in [0, 0.1) is 11.8 Å². The minimum Gasteiger partial charge on any atom is -0.462 e. The van der Waals surface area contributed by atoms with Gasteiger partial charge in [-0.1, -0.05) is 6.92 Å². The van der Waals surface area contributed by atoms with E-state index in [0.717, 1.165) is 19.4 Å². The minimum absolute atomic E-state index is 0.0819. The Kier molecular flexibility index (Phi) is 2.75. The Morgan fingerprint density at radius 2 is 2.13 bits per heavy atom. The number of epoxide rings is 1. The molecule has 0 aromatic carbocycles. The molecule has 1 saturated heterocycles. The van der Waals surface area contributed by atoms with Gasteiger partial charge in [0.05, 0.1) is 12.2 Å². The first kappa shape index (κ1) is 10.9. The fourth-order valence-electron chi connectivity index (χ4n) is 2.56. The van der Waals surface area contributed by atoms with Crippen LogP contribution in [0.2, 0.25) is 0 Å². The average Bonchev–Trinajstić information content (AvgIpc) is 2.88. The van der Waals surface area contributed by atoms with Gasteiger partial charge in [0.2, 0.25) is 0 Å². The summed E-state index contributed by atoms with van der Waals surface area (Å²) in [5.41, 5.74) is 0.0819. The van der Waals surface area contributed by atoms with Crippen LogP contribution in [0.4, 0.5) is 0 Å². The topological polar surface area (TPSA) is 38.8 Å². The number of carbonyl (C=O) groups is 1. The molecule has 0 radical (unpaired) electrons. The smallest absolute Gasteiger partial charge is 0.302 e. The van der Waals surface area contributed by atoms with E-state index in [1.807, 2.05) is 0 Å². The Balaban J connectivity index is 1.94. The van der Waals surface area contributed by atoms with Crippen LogP contribution in [0.5, 0.6) is 0 Å². The monoisotopic (exact) mass is 212 g/mol. The zero-order chi connectivity index (χ0) is 11.1. The highest BCUT2D eigenvalue weighted by Crippen LogP contribution is 2.44. The van der Waals surface area contributed by atoms with Gasteiger partial charge in [0, 0.05) is 6.92 Å². The Labute approximate surface area is 91.1 Å². The van der Waals surface area contributed by atoms with Gasteiger partial charge in [0.15, 0.2) is 0 Å². The lowest BCUT2D eigenvalue weighted by Gasteiger charge is -2.35. The largest absolute Gasteiger partial charge is 0.462 e. The number of ether oxygens (including phenoxy) is 2. The summed E-state index contributed by atoms with van der Waals surface area (Å²) in [6, 6.07) is 0. The van der Waals surface area contributed by atoms with Gasteiger partial charge in [0.1, 0.15) is 6.10 Å². The fraction of sp³-hybridized carbons (Fsp3) is 0.917. The van der Waals surface area contributed by atoms with Crippen LogP contribution < -0.4 is 0 Å². The van der Waals surface area contributed by atoms with Gasteiger partial charge >= 0.3 is 5.97 Å². The van der Waals surface area contributed by atoms with Crippen LogP contribution in [0.25, 0.3) is 0 Å². The Bertz CT molecular complexity index is 258. The molecule has 3 heteroatoms. The summed E-state index contributed by atoms with van der Waals surface area (Å²) in [6.45, 7) is 6.70. The van der Waals surface area contributed by atoms with Crippen molar-refractivity contribution in [3.05, 3.63) is 0 Å². The summed E-state index contributed by atoms with van der Waals surface area (Å²) in [6.07, 6.45) is 3.41. The van der Waals surface area contributed by atoms with Crippen molar-refractivity contribution in [1.82, 2.24) is 0 Å². The summed E-state index contributed by atoms with van der Waals surface area (Å²) >= 11 is 0. The fourth-order valence-corrected chi connectivity index (χ4v) is 2.56. The first-order valence-electron chi connectivity index (χ1n) is 5.82. The predicted molar refractivity (Wildman–Crippen MR) is 56.4 cm³/mol. The van der Waals surface area contributed by atoms with Gasteiger partial charge in [0.25, 0.3) is 0 Å². The van der Waals surface area contributed by atoms with E-state index in [4.69, 9.17) is 9.47 Å². The van der Waals surface area contributed by atoms with Crippen molar-refractivity contribution in [2.45, 2.75) is 51.7 Å². The molecule has 15 heavy (non-hydrogen) atoms. The third-order valence-corrected chi connectivity index (χ3v) is 3.90. The molecule has 0 aromatic rings. The molecule has 2 fully saturated rings. The minimum atomic E-state index is -0.158. The van der Waals surface area contributed by atoms with Crippen molar-refractivity contribution < 1.29 is 14.3 Å². The molecule has 1 aliphatic carbocycles. The van der Waals surface area contributed by atoms with E-state index >= 15 is 0 Å². The third kappa shape index (κ3) is 2.33. The van der Waals surface area contributed by atoms with Crippen LogP contribution in [0.1, 0.15) is 40.0 Å². The Morgan fingerprint density at radius 3 is 2.67 bits per heavy atom. The first-order chi connectivity index (χ1) is 7.01. The molecule has 0 aromatic heterocycles. The molecule has 0 amide bonds. The van der Waals surface area contributed by atoms with E-state index in [2.05, 4.69) is 13.8 Å². The maximum Gasteiger partial charge on any atom is 0.302 e. The molecule has 1 heterocycles. The maximum atomic E-state index is 11.0. The number of esters is 1. The van der Waals surface area contributed by atoms with Crippen molar-refractivity contribution in [1.29, 1.82) is 0 Å². The number of carbonyl (C=O) groups excluding carboxylic acids is 1. The molecule has 1 aliphatic heterocycles. The van der Waals surface area contributed by atoms with E-state index in [-0.39, 0.29) is 17.7 Å². The molecule has 3 nitrogen and oxygen atoms in total. The zero-order valence-electron chi connectivity index (χ0n) is 9.79. The SMILES string of the molecule is CC(=O)O[C@H]1CC(C2(C)CO2)CC[C@H]1C. The summed E-state index contributed by atoms with van der Waals surface area (Å²) in [5.74, 6) is 0.903. The van der Waals surface area contributed by atoms with Gasteiger partial charge in [-0.05, 0) is 38.0 Å². The van der Waals surface area contributed by atoms with Gasteiger partial charge in [-0.3, -0.25) is 4.79 Å². The predicted octanol–water partition coefficient (Wildman–Crippen LogP) is 2.14. The third-order valence-electron chi connectivity index (χ3n) is 3.90. The van der Waals surface area contributed by atoms with Crippen molar-refractivity contribution in [3.8, 4) is 0 Å². The normalized spacial score (nSPS) is 44.9. The van der Waals surface area contributed by atoms with E-state index in [0.29, 0.717) is 11.8 Å². The van der Waals surface area contributed by atoms with Gasteiger partial charge < -0.3 is 9.47 Å². The van der Waals surface area contributed by atoms with Gasteiger partial charge in [-0.25, -0.2) is 0 Å². The molecule has 4 atom stereocenters. The van der Waals surface area contributed by atoms with Gasteiger partial charge in [-0.15, -0.1) is 0 Å². The molecule has 0 N–H and O–H groups in total. The van der Waals surface area contributed by atoms with Crippen LogP contribution in [-0.4, -0.2) is 24.3 Å². The summed E-state index contributed by atoms with van der Waals surface area (Å²) in [4.78, 5) is 11.0. The lowest BCUT2D eigenvalue weighted by atomic mass is 9.75. The lowest BCUT2D eigenvalue weighted by Crippen LogP contribution is -2.36. The van der Waals surface area contributed by atoms with Crippen molar-refractivity contribution in [2.24, 2.45) is 11.8 Å². The summed E-state index contributed by atoms with van der Waals surface area (Å²) in [5, 5.41) is 0. The second-order valence-corrected chi connectivity index (χ2v) is 5.24. The number of rotatable bonds is 2. The van der Waals surface area contributed by atoms with Crippen LogP contribution in [0.15, 0.2) is 0 Å². The molecule has 2 unspecified atom stereocenters. The molecule has 2 rings (SSSR count). The summed E-state index contributed by atoms with van der Waals surface area (Å²) in [7, 11) is 0. The highest BCUT2D eigenvalue weighted by molar-refractivity contribution is 5.66. The Hall–Kier alpha value is -0.570. The molecule has 1 saturated carbocycles. The van der Waals surface area contributed by atoms with Crippen molar-refractivity contribution in [3.63, 3.8) is 0 Å². The number of hydrogen-bond donors (Lipinski definition) is 0. The average molecular weight is 212 g/mol. The molecule has 0 spiro atoms. The van der Waals surface area contributed by atoms with Crippen LogP contribution >= 0.6 is 0 Å². The molecule has 86 valence electrons. The molecular formula is C12H20O3. The van der Waals surface area contributed by atoms with Crippen molar-refractivity contribution >= 4 is 5.97 Å². The van der Waals surface area contributed by atoms with E-state index in [1.165, 1.54) is 13.3 Å². The van der Waals surface area contributed by atoms with E-state index < -0.39 is 0 Å². The second-order valence-electron chi connectivity index (χ2n) is 5.24. The maximum absolute atomic E-state index is 11.0. The summed E-state index contributed by atoms with van der Waals surface area (Å²) < 4.78 is 10.8. The van der Waals surface area contributed by atoms with Gasteiger partial charge in [-0.2, -0.15) is 0 Å². The first-order valence-corrected chi connectivity index (χ1v) is 5.82. The van der Waals surface area contributed by atoms with Crippen LogP contribution in [0.3, 0.4) is 0 Å². The number of hydrogen-bond acceptors (Lipinski definition) is 3. The molecule has 2 aliphatic rings.